The summed E-state index contributed by atoms with van der Waals surface area (Å²) in [6, 6.07) is 5.41. The van der Waals surface area contributed by atoms with Crippen molar-refractivity contribution in [2.75, 3.05) is 31.2 Å². The Morgan fingerprint density at radius 3 is 2.07 bits per heavy atom. The second-order valence-corrected chi connectivity index (χ2v) is 6.98. The number of carboxylic acid groups (broad SMARTS) is 2. The summed E-state index contributed by atoms with van der Waals surface area (Å²) in [5.41, 5.74) is 0.912. The normalized spacial score (nSPS) is 11.7. The van der Waals surface area contributed by atoms with Crippen LogP contribution in [0.25, 0.3) is 0 Å². The Balaban J connectivity index is 2.67. The molecule has 0 unspecified atom stereocenters. The van der Waals surface area contributed by atoms with Gasteiger partial charge >= 0.3 is 18.0 Å². The van der Waals surface area contributed by atoms with Crippen LogP contribution in [-0.2, 0) is 18.4 Å². The zero-order valence-electron chi connectivity index (χ0n) is 15.9. The Labute approximate surface area is 168 Å². The molecule has 0 aliphatic heterocycles. The summed E-state index contributed by atoms with van der Waals surface area (Å²) in [4.78, 5) is 35.7. The standard InChI is InChI=1S/C16H26N2O8Si2/c19-14(20)6-5-13(15(21)22)17-16(23)26-12-3-1-11(2-4-12)18(7-9-24-27)8-10-25-28/h1-4,13H,5-10H2,27-28H3,(H,17,23)(H,19,20)(H,21,22)/t13-/m0/s1. The Hall–Kier alpha value is -2.42. The van der Waals surface area contributed by atoms with Gasteiger partial charge in [0.25, 0.3) is 0 Å². The molecule has 28 heavy (non-hydrogen) atoms. The number of nitrogens with one attached hydrogen (secondary N) is 1. The number of hydrogen-bond donors (Lipinski definition) is 3. The minimum Gasteiger partial charge on any atom is -0.481 e. The van der Waals surface area contributed by atoms with Crippen LogP contribution >= 0.6 is 0 Å². The molecule has 0 aliphatic carbocycles. The van der Waals surface area contributed by atoms with Crippen molar-refractivity contribution in [2.45, 2.75) is 18.9 Å². The topological polar surface area (TPSA) is 135 Å². The van der Waals surface area contributed by atoms with E-state index < -0.39 is 24.1 Å². The van der Waals surface area contributed by atoms with E-state index in [0.717, 1.165) is 5.69 Å². The predicted molar refractivity (Wildman–Crippen MR) is 108 cm³/mol. The summed E-state index contributed by atoms with van der Waals surface area (Å²) in [5.74, 6) is -2.23. The molecule has 3 N–H and O–H groups in total. The lowest BCUT2D eigenvalue weighted by Crippen LogP contribution is -2.42. The first-order valence-electron chi connectivity index (χ1n) is 8.63. The van der Waals surface area contributed by atoms with Crippen molar-refractivity contribution in [2.24, 2.45) is 0 Å². The number of anilines is 1. The molecular formula is C16H26N2O8Si2. The molecule has 1 aromatic rings. The van der Waals surface area contributed by atoms with Crippen molar-refractivity contribution < 1.29 is 38.2 Å². The summed E-state index contributed by atoms with van der Waals surface area (Å²) < 4.78 is 15.6. The fraction of sp³-hybridized carbons (Fsp3) is 0.438. The molecule has 156 valence electrons. The molecule has 0 saturated carbocycles. The number of aliphatic carboxylic acids is 2. The van der Waals surface area contributed by atoms with Gasteiger partial charge < -0.3 is 34.0 Å². The smallest absolute Gasteiger partial charge is 0.413 e. The monoisotopic (exact) mass is 430 g/mol. The molecule has 0 radical (unpaired) electrons. The summed E-state index contributed by atoms with van der Waals surface area (Å²) in [7, 11) is 1.33. The molecule has 1 atom stereocenters. The van der Waals surface area contributed by atoms with Crippen LogP contribution in [0.3, 0.4) is 0 Å². The van der Waals surface area contributed by atoms with Gasteiger partial charge in [-0.2, -0.15) is 0 Å². The second kappa shape index (κ2) is 12.9. The van der Waals surface area contributed by atoms with Crippen molar-refractivity contribution in [1.82, 2.24) is 5.32 Å². The molecule has 1 aromatic carbocycles. The van der Waals surface area contributed by atoms with E-state index in [1.54, 1.807) is 24.3 Å². The predicted octanol–water partition coefficient (Wildman–Crippen LogP) is -1.51. The summed E-state index contributed by atoms with van der Waals surface area (Å²) in [6.45, 7) is 2.64. The zero-order chi connectivity index (χ0) is 20.9. The van der Waals surface area contributed by atoms with Crippen molar-refractivity contribution in [3.8, 4) is 5.75 Å². The number of benzene rings is 1. The van der Waals surface area contributed by atoms with E-state index in [1.807, 2.05) is 0 Å². The third-order valence-electron chi connectivity index (χ3n) is 3.78. The van der Waals surface area contributed by atoms with Gasteiger partial charge in [0.05, 0.1) is 13.2 Å². The van der Waals surface area contributed by atoms with Crippen LogP contribution < -0.4 is 15.0 Å². The van der Waals surface area contributed by atoms with E-state index in [-0.39, 0.29) is 18.6 Å². The van der Waals surface area contributed by atoms with Gasteiger partial charge in [-0.15, -0.1) is 0 Å². The minimum absolute atomic E-state index is 0.238. The van der Waals surface area contributed by atoms with Crippen LogP contribution in [0.2, 0.25) is 0 Å². The molecule has 10 nitrogen and oxygen atoms in total. The fourth-order valence-electron chi connectivity index (χ4n) is 2.30. The van der Waals surface area contributed by atoms with Crippen molar-refractivity contribution >= 4 is 44.7 Å². The van der Waals surface area contributed by atoms with Gasteiger partial charge in [0.1, 0.15) is 32.8 Å². The highest BCUT2D eigenvalue weighted by atomic mass is 28.2. The molecule has 1 amide bonds. The van der Waals surface area contributed by atoms with E-state index in [0.29, 0.717) is 47.3 Å². The molecule has 0 fully saturated rings. The summed E-state index contributed by atoms with van der Waals surface area (Å²) >= 11 is 0. The third-order valence-corrected chi connectivity index (χ3v) is 4.60. The number of hydrogen-bond acceptors (Lipinski definition) is 7. The van der Waals surface area contributed by atoms with Crippen LogP contribution in [-0.4, -0.2) is 81.6 Å². The van der Waals surface area contributed by atoms with Crippen LogP contribution in [0.1, 0.15) is 12.8 Å². The molecule has 12 heteroatoms. The Morgan fingerprint density at radius 2 is 1.61 bits per heavy atom. The molecule has 0 saturated heterocycles. The van der Waals surface area contributed by atoms with Crippen molar-refractivity contribution in [1.29, 1.82) is 0 Å². The lowest BCUT2D eigenvalue weighted by Gasteiger charge is -2.24. The van der Waals surface area contributed by atoms with Gasteiger partial charge in [-0.25, -0.2) is 9.59 Å². The molecule has 0 aliphatic rings. The maximum absolute atomic E-state index is 11.9. The van der Waals surface area contributed by atoms with Crippen LogP contribution in [0.5, 0.6) is 5.75 Å². The minimum atomic E-state index is -1.34. The number of carboxylic acids is 2. The van der Waals surface area contributed by atoms with Gasteiger partial charge in [0, 0.05) is 25.2 Å². The average molecular weight is 431 g/mol. The highest BCUT2D eigenvalue weighted by Crippen LogP contribution is 2.19. The Morgan fingerprint density at radius 1 is 1.04 bits per heavy atom. The van der Waals surface area contributed by atoms with E-state index in [2.05, 4.69) is 10.2 Å². The zero-order valence-corrected chi connectivity index (χ0v) is 19.9. The molecule has 0 aromatic heterocycles. The summed E-state index contributed by atoms with van der Waals surface area (Å²) in [6.07, 6.45) is -1.58. The first kappa shape index (κ1) is 23.6. The van der Waals surface area contributed by atoms with E-state index >= 15 is 0 Å². The average Bonchev–Trinajstić information content (AvgIpc) is 2.65. The lowest BCUT2D eigenvalue weighted by atomic mass is 10.1. The van der Waals surface area contributed by atoms with Gasteiger partial charge in [-0.3, -0.25) is 4.79 Å². The fourth-order valence-corrected chi connectivity index (χ4v) is 2.67. The number of carbonyl (C=O) groups is 3. The van der Waals surface area contributed by atoms with Gasteiger partial charge in [-0.05, 0) is 30.7 Å². The Bertz CT molecular complexity index is 636. The number of carbonyl (C=O) groups excluding carboxylic acids is 1. The lowest BCUT2D eigenvalue weighted by molar-refractivity contribution is -0.140. The number of ether oxygens (including phenoxy) is 1. The molecule has 0 spiro atoms. The highest BCUT2D eigenvalue weighted by molar-refractivity contribution is 5.98. The SMILES string of the molecule is O=C(O)CC[C@H](NC(=O)Oc1ccc(N(CCO[SiH3])CCO[SiH3])cc1)C(=O)O. The highest BCUT2D eigenvalue weighted by Gasteiger charge is 2.22. The quantitative estimate of drug-likeness (QED) is 0.319. The second-order valence-electron chi connectivity index (χ2n) is 5.82. The van der Waals surface area contributed by atoms with Gasteiger partial charge in [0.2, 0.25) is 0 Å². The van der Waals surface area contributed by atoms with Crippen molar-refractivity contribution in [3.05, 3.63) is 24.3 Å². The van der Waals surface area contributed by atoms with E-state index in [4.69, 9.17) is 23.8 Å². The van der Waals surface area contributed by atoms with Crippen molar-refractivity contribution in [3.63, 3.8) is 0 Å². The Kier molecular flexibility index (Phi) is 10.9. The first-order valence-corrected chi connectivity index (χ1v) is 10.3. The largest absolute Gasteiger partial charge is 0.481 e. The van der Waals surface area contributed by atoms with E-state index in [9.17, 15) is 14.4 Å². The first-order chi connectivity index (χ1) is 13.4. The van der Waals surface area contributed by atoms with Gasteiger partial charge in [-0.1, -0.05) is 0 Å². The van der Waals surface area contributed by atoms with E-state index in [1.165, 1.54) is 0 Å². The number of nitrogens with zero attached hydrogens (tertiary/aromatic N) is 1. The third kappa shape index (κ3) is 8.99. The summed E-state index contributed by atoms with van der Waals surface area (Å²) in [5, 5.41) is 19.8. The van der Waals surface area contributed by atoms with Crippen LogP contribution in [0, 0.1) is 0 Å². The van der Waals surface area contributed by atoms with Gasteiger partial charge in [0.15, 0.2) is 0 Å². The number of rotatable bonds is 13. The van der Waals surface area contributed by atoms with Crippen LogP contribution in [0.4, 0.5) is 10.5 Å². The maximum Gasteiger partial charge on any atom is 0.413 e. The molecule has 0 heterocycles. The maximum atomic E-state index is 11.9. The molecule has 0 bridgehead atoms. The molecular weight excluding hydrogens is 404 g/mol. The number of amides is 1. The molecule has 1 rings (SSSR count). The van der Waals surface area contributed by atoms with Crippen LogP contribution in [0.15, 0.2) is 24.3 Å².